The van der Waals surface area contributed by atoms with Gasteiger partial charge in [-0.05, 0) is 18.9 Å². The highest BCUT2D eigenvalue weighted by atomic mass is 16.2. The van der Waals surface area contributed by atoms with Crippen molar-refractivity contribution in [3.05, 3.63) is 36.0 Å². The number of nitrogens with one attached hydrogen (secondary N) is 2. The molecule has 0 aliphatic rings. The lowest BCUT2D eigenvalue weighted by Crippen LogP contribution is -2.24. The van der Waals surface area contributed by atoms with Gasteiger partial charge in [0.2, 0.25) is 5.91 Å². The zero-order valence-corrected chi connectivity index (χ0v) is 10.6. The highest BCUT2D eigenvalue weighted by Crippen LogP contribution is 2.17. The molecular formula is C14H17N3O2. The van der Waals surface area contributed by atoms with E-state index in [1.54, 1.807) is 6.20 Å². The first-order valence-electron chi connectivity index (χ1n) is 6.31. The molecule has 0 atom stereocenters. The number of H-pyrrole nitrogens is 1. The Hall–Kier alpha value is -2.30. The molecule has 0 bridgehead atoms. The molecule has 2 rings (SSSR count). The van der Waals surface area contributed by atoms with E-state index in [2.05, 4.69) is 10.3 Å². The van der Waals surface area contributed by atoms with Crippen molar-refractivity contribution in [2.24, 2.45) is 5.73 Å². The van der Waals surface area contributed by atoms with Crippen molar-refractivity contribution in [1.82, 2.24) is 10.3 Å². The second kappa shape index (κ2) is 6.04. The molecule has 0 saturated heterocycles. The van der Waals surface area contributed by atoms with Gasteiger partial charge >= 0.3 is 0 Å². The molecule has 5 heteroatoms. The number of aromatic amines is 1. The third kappa shape index (κ3) is 3.34. The van der Waals surface area contributed by atoms with Gasteiger partial charge < -0.3 is 16.0 Å². The number of nitrogens with two attached hydrogens (primary N) is 1. The molecule has 0 radical (unpaired) electrons. The van der Waals surface area contributed by atoms with Crippen molar-refractivity contribution in [1.29, 1.82) is 0 Å². The van der Waals surface area contributed by atoms with Gasteiger partial charge in [-0.1, -0.05) is 18.2 Å². The van der Waals surface area contributed by atoms with Crippen LogP contribution in [0.15, 0.2) is 30.5 Å². The van der Waals surface area contributed by atoms with Gasteiger partial charge in [0, 0.05) is 30.1 Å². The van der Waals surface area contributed by atoms with Crippen molar-refractivity contribution in [3.8, 4) is 0 Å². The van der Waals surface area contributed by atoms with Crippen LogP contribution in [0.25, 0.3) is 10.9 Å². The number of hydrogen-bond acceptors (Lipinski definition) is 2. The Bertz CT molecular complexity index is 589. The second-order valence-corrected chi connectivity index (χ2v) is 4.43. The predicted octanol–water partition coefficient (Wildman–Crippen LogP) is 1.55. The van der Waals surface area contributed by atoms with E-state index >= 15 is 0 Å². The monoisotopic (exact) mass is 259 g/mol. The van der Waals surface area contributed by atoms with Gasteiger partial charge in [-0.2, -0.15) is 0 Å². The zero-order valence-electron chi connectivity index (χ0n) is 10.6. The van der Waals surface area contributed by atoms with Gasteiger partial charge in [-0.15, -0.1) is 0 Å². The molecule has 19 heavy (non-hydrogen) atoms. The van der Waals surface area contributed by atoms with Gasteiger partial charge in [0.05, 0.1) is 5.56 Å². The molecule has 2 aromatic rings. The molecule has 0 aliphatic carbocycles. The number of para-hydroxylation sites is 1. The molecule has 1 aromatic heterocycles. The number of benzene rings is 1. The summed E-state index contributed by atoms with van der Waals surface area (Å²) in [6.07, 6.45) is 3.52. The molecule has 0 aliphatic heterocycles. The van der Waals surface area contributed by atoms with Crippen LogP contribution in [0.5, 0.6) is 0 Å². The summed E-state index contributed by atoms with van der Waals surface area (Å²) in [6, 6.07) is 7.66. The fourth-order valence-electron chi connectivity index (χ4n) is 1.98. The number of fused-ring (bicyclic) bond motifs is 1. The van der Waals surface area contributed by atoms with Crippen LogP contribution in [0.1, 0.15) is 29.6 Å². The summed E-state index contributed by atoms with van der Waals surface area (Å²) in [7, 11) is 0. The van der Waals surface area contributed by atoms with E-state index in [1.807, 2.05) is 24.3 Å². The zero-order chi connectivity index (χ0) is 13.7. The van der Waals surface area contributed by atoms with Crippen LogP contribution in [0, 0.1) is 0 Å². The number of aromatic nitrogens is 1. The highest BCUT2D eigenvalue weighted by molar-refractivity contribution is 6.06. The average molecular weight is 259 g/mol. The minimum absolute atomic E-state index is 0.100. The van der Waals surface area contributed by atoms with Crippen LogP contribution < -0.4 is 11.1 Å². The number of carbonyl (C=O) groups excluding carboxylic acids is 2. The molecule has 0 unspecified atom stereocenters. The Labute approximate surface area is 111 Å². The van der Waals surface area contributed by atoms with Gasteiger partial charge in [0.25, 0.3) is 5.91 Å². The number of carbonyl (C=O) groups is 2. The van der Waals surface area contributed by atoms with E-state index in [4.69, 9.17) is 5.73 Å². The first-order chi connectivity index (χ1) is 9.18. The minimum Gasteiger partial charge on any atom is -0.370 e. The van der Waals surface area contributed by atoms with E-state index in [0.29, 0.717) is 24.9 Å². The smallest absolute Gasteiger partial charge is 0.253 e. The summed E-state index contributed by atoms with van der Waals surface area (Å²) in [5.74, 6) is -0.403. The molecule has 4 N–H and O–H groups in total. The fourth-order valence-corrected chi connectivity index (χ4v) is 1.98. The highest BCUT2D eigenvalue weighted by Gasteiger charge is 2.10. The Morgan fingerprint density at radius 1 is 1.21 bits per heavy atom. The fraction of sp³-hybridized carbons (Fsp3) is 0.286. The summed E-state index contributed by atoms with van der Waals surface area (Å²) in [5, 5.41) is 3.75. The van der Waals surface area contributed by atoms with Crippen molar-refractivity contribution in [2.75, 3.05) is 6.54 Å². The Morgan fingerprint density at radius 3 is 2.79 bits per heavy atom. The number of amides is 2. The van der Waals surface area contributed by atoms with E-state index in [0.717, 1.165) is 17.3 Å². The van der Waals surface area contributed by atoms with Crippen molar-refractivity contribution in [2.45, 2.75) is 19.3 Å². The summed E-state index contributed by atoms with van der Waals surface area (Å²) >= 11 is 0. The lowest BCUT2D eigenvalue weighted by atomic mass is 10.1. The minimum atomic E-state index is -0.303. The number of rotatable bonds is 6. The molecule has 0 spiro atoms. The van der Waals surface area contributed by atoms with Crippen LogP contribution in [0.3, 0.4) is 0 Å². The summed E-state index contributed by atoms with van der Waals surface area (Å²) in [5.41, 5.74) is 6.63. The van der Waals surface area contributed by atoms with Gasteiger partial charge in [-0.3, -0.25) is 9.59 Å². The van der Waals surface area contributed by atoms with Crippen LogP contribution in [0.2, 0.25) is 0 Å². The third-order valence-electron chi connectivity index (χ3n) is 2.97. The molecule has 1 aromatic carbocycles. The Kier molecular flexibility index (Phi) is 4.18. The topological polar surface area (TPSA) is 88.0 Å². The van der Waals surface area contributed by atoms with Crippen LogP contribution >= 0.6 is 0 Å². The first-order valence-corrected chi connectivity index (χ1v) is 6.31. The quantitative estimate of drug-likeness (QED) is 0.687. The normalized spacial score (nSPS) is 10.5. The van der Waals surface area contributed by atoms with Crippen LogP contribution in [0.4, 0.5) is 0 Å². The van der Waals surface area contributed by atoms with Gasteiger partial charge in [-0.25, -0.2) is 0 Å². The van der Waals surface area contributed by atoms with Crippen molar-refractivity contribution >= 4 is 22.7 Å². The van der Waals surface area contributed by atoms with Crippen molar-refractivity contribution < 1.29 is 9.59 Å². The number of unbranched alkanes of at least 4 members (excludes halogenated alkanes) is 1. The average Bonchev–Trinajstić information content (AvgIpc) is 2.81. The van der Waals surface area contributed by atoms with E-state index < -0.39 is 0 Å². The molecule has 2 amide bonds. The first kappa shape index (κ1) is 13.1. The molecular weight excluding hydrogens is 242 g/mol. The van der Waals surface area contributed by atoms with Gasteiger partial charge in [0.15, 0.2) is 0 Å². The van der Waals surface area contributed by atoms with Crippen LogP contribution in [-0.2, 0) is 4.79 Å². The lowest BCUT2D eigenvalue weighted by molar-refractivity contribution is -0.118. The largest absolute Gasteiger partial charge is 0.370 e. The third-order valence-corrected chi connectivity index (χ3v) is 2.97. The lowest BCUT2D eigenvalue weighted by Gasteiger charge is -2.03. The van der Waals surface area contributed by atoms with E-state index in [-0.39, 0.29) is 11.8 Å². The molecule has 0 saturated carbocycles. The molecule has 100 valence electrons. The second-order valence-electron chi connectivity index (χ2n) is 4.43. The molecule has 0 fully saturated rings. The summed E-state index contributed by atoms with van der Waals surface area (Å²) in [6.45, 7) is 0.547. The predicted molar refractivity (Wildman–Crippen MR) is 73.7 cm³/mol. The van der Waals surface area contributed by atoms with Gasteiger partial charge in [0.1, 0.15) is 0 Å². The van der Waals surface area contributed by atoms with Crippen LogP contribution in [-0.4, -0.2) is 23.3 Å². The summed E-state index contributed by atoms with van der Waals surface area (Å²) in [4.78, 5) is 25.6. The SMILES string of the molecule is NC(=O)CCCCNC(=O)c1c[nH]c2ccccc12. The number of hydrogen-bond donors (Lipinski definition) is 3. The van der Waals surface area contributed by atoms with Crippen molar-refractivity contribution in [3.63, 3.8) is 0 Å². The van der Waals surface area contributed by atoms with E-state index in [9.17, 15) is 9.59 Å². The maximum Gasteiger partial charge on any atom is 0.253 e. The Morgan fingerprint density at radius 2 is 2.00 bits per heavy atom. The maximum atomic E-state index is 12.0. The number of primary amides is 1. The molecule has 1 heterocycles. The van der Waals surface area contributed by atoms with E-state index in [1.165, 1.54) is 0 Å². The molecule has 5 nitrogen and oxygen atoms in total. The summed E-state index contributed by atoms with van der Waals surface area (Å²) < 4.78 is 0. The standard InChI is InChI=1S/C14H17N3O2/c15-13(18)7-3-4-8-16-14(19)11-9-17-12-6-2-1-5-10(11)12/h1-2,5-6,9,17H,3-4,7-8H2,(H2,15,18)(H,16,19). The Balaban J connectivity index is 1.88. The maximum absolute atomic E-state index is 12.0.